The van der Waals surface area contributed by atoms with Gasteiger partial charge in [-0.1, -0.05) is 27.7 Å². The van der Waals surface area contributed by atoms with Crippen LogP contribution >= 0.6 is 12.4 Å². The number of nitrogens with one attached hydrogen (secondary N) is 3. The molecule has 5 rings (SSSR count). The zero-order valence-electron chi connectivity index (χ0n) is 25.0. The van der Waals surface area contributed by atoms with E-state index in [1.807, 2.05) is 4.90 Å². The second kappa shape index (κ2) is 13.4. The molecule has 2 fully saturated rings. The Morgan fingerprint density at radius 1 is 1.09 bits per heavy atom. The number of rotatable bonds is 9. The van der Waals surface area contributed by atoms with E-state index in [9.17, 15) is 19.8 Å². The molecule has 5 atom stereocenters. The predicted molar refractivity (Wildman–Crippen MR) is 165 cm³/mol. The van der Waals surface area contributed by atoms with Crippen LogP contribution in [0.15, 0.2) is 30.9 Å². The first kappa shape index (κ1) is 32.4. The molecule has 234 valence electrons. The highest BCUT2D eigenvalue weighted by atomic mass is 35.5. The van der Waals surface area contributed by atoms with E-state index in [1.54, 1.807) is 42.3 Å². The lowest BCUT2D eigenvalue weighted by atomic mass is 9.92. The van der Waals surface area contributed by atoms with Crippen LogP contribution in [0.25, 0.3) is 11.2 Å². The molecule has 1 aliphatic carbocycles. The smallest absolute Gasteiger partial charge is 0.251 e. The van der Waals surface area contributed by atoms with Gasteiger partial charge < -0.3 is 35.6 Å². The van der Waals surface area contributed by atoms with Crippen molar-refractivity contribution in [2.45, 2.75) is 83.7 Å². The number of anilines is 2. The summed E-state index contributed by atoms with van der Waals surface area (Å²) in [5.41, 5.74) is 1.78. The van der Waals surface area contributed by atoms with Gasteiger partial charge in [-0.3, -0.25) is 14.6 Å². The molecule has 0 radical (unpaired) electrons. The van der Waals surface area contributed by atoms with Crippen molar-refractivity contribution in [2.75, 3.05) is 29.9 Å². The van der Waals surface area contributed by atoms with Gasteiger partial charge in [-0.25, -0.2) is 4.98 Å². The number of halogens is 1. The summed E-state index contributed by atoms with van der Waals surface area (Å²) in [5.74, 6) is 0.747. The van der Waals surface area contributed by atoms with Crippen LogP contribution in [0.4, 0.5) is 11.8 Å². The van der Waals surface area contributed by atoms with Gasteiger partial charge in [-0.2, -0.15) is 9.97 Å². The monoisotopic (exact) mass is 615 g/mol. The highest BCUT2D eigenvalue weighted by Gasteiger charge is 2.44. The normalized spacial score (nSPS) is 23.7. The summed E-state index contributed by atoms with van der Waals surface area (Å²) in [6.07, 6.45) is 4.84. The Labute approximate surface area is 257 Å². The molecule has 1 saturated heterocycles. The van der Waals surface area contributed by atoms with Gasteiger partial charge in [0, 0.05) is 50.1 Å². The third-order valence-corrected chi connectivity index (χ3v) is 8.00. The summed E-state index contributed by atoms with van der Waals surface area (Å²) in [6, 6.07) is 2.17. The van der Waals surface area contributed by atoms with E-state index < -0.39 is 24.3 Å². The fraction of sp³-hybridized carbons (Fsp3) is 0.586. The number of aromatic nitrogens is 5. The van der Waals surface area contributed by atoms with Crippen molar-refractivity contribution in [1.82, 2.24) is 35.1 Å². The summed E-state index contributed by atoms with van der Waals surface area (Å²) in [7, 11) is 0. The molecule has 0 aromatic carbocycles. The maximum Gasteiger partial charge on any atom is 0.251 e. The Morgan fingerprint density at radius 3 is 2.53 bits per heavy atom. The molecule has 3 aromatic rings. The third kappa shape index (κ3) is 7.34. The van der Waals surface area contributed by atoms with Crippen LogP contribution < -0.4 is 20.9 Å². The SMILES string of the molecule is CCC(=O)N[C@H]1C[C@@H](n2cnc3c(NCCC(C)(C)C)nc(N4CC[C@@H](NC(=O)c5ccncc5)C4)nc32)[C@H](O)[C@@H]1O.Cl. The Kier molecular flexibility index (Phi) is 10.1. The van der Waals surface area contributed by atoms with E-state index in [-0.39, 0.29) is 42.1 Å². The number of carbonyl (C=O) groups is 2. The molecular formula is C29H42ClN9O4. The molecule has 13 nitrogen and oxygen atoms in total. The molecule has 0 spiro atoms. The highest BCUT2D eigenvalue weighted by Crippen LogP contribution is 2.35. The van der Waals surface area contributed by atoms with E-state index in [0.717, 1.165) is 12.8 Å². The summed E-state index contributed by atoms with van der Waals surface area (Å²) >= 11 is 0. The van der Waals surface area contributed by atoms with Crippen molar-refractivity contribution in [3.63, 3.8) is 0 Å². The van der Waals surface area contributed by atoms with Crippen LogP contribution in [-0.2, 0) is 4.79 Å². The minimum absolute atomic E-state index is 0. The Hall–Kier alpha value is -3.55. The number of aliphatic hydroxyl groups is 2. The summed E-state index contributed by atoms with van der Waals surface area (Å²) in [6.45, 7) is 10.1. The summed E-state index contributed by atoms with van der Waals surface area (Å²) in [5, 5.41) is 31.0. The van der Waals surface area contributed by atoms with Crippen LogP contribution in [0.3, 0.4) is 0 Å². The maximum atomic E-state index is 12.7. The lowest BCUT2D eigenvalue weighted by molar-refractivity contribution is -0.122. The molecule has 3 aromatic heterocycles. The van der Waals surface area contributed by atoms with Gasteiger partial charge in [0.25, 0.3) is 5.91 Å². The average molecular weight is 616 g/mol. The standard InChI is InChI=1S/C29H41N9O4.ClH/c1-5-21(39)34-19-14-20(24(41)23(19)40)38-16-32-22-25(31-12-9-29(2,3)4)35-28(36-26(22)38)37-13-8-18(15-37)33-27(42)17-6-10-30-11-7-17;/h6-7,10-11,16,18-20,23-24,40-41H,5,8-9,12-15H2,1-4H3,(H,33,42)(H,34,39)(H,31,35,36);1H/t18-,19+,20-,23-,24+;/m1./s1. The van der Waals surface area contributed by atoms with Crippen LogP contribution in [0.1, 0.15) is 69.8 Å². The molecule has 4 heterocycles. The van der Waals surface area contributed by atoms with Crippen molar-refractivity contribution in [1.29, 1.82) is 0 Å². The molecule has 1 saturated carbocycles. The van der Waals surface area contributed by atoms with Gasteiger partial charge >= 0.3 is 0 Å². The second-order valence-electron chi connectivity index (χ2n) is 12.4. The molecular weight excluding hydrogens is 574 g/mol. The Balaban J connectivity index is 0.00000423. The molecule has 5 N–H and O–H groups in total. The third-order valence-electron chi connectivity index (χ3n) is 8.00. The predicted octanol–water partition coefficient (Wildman–Crippen LogP) is 2.06. The first-order valence-corrected chi connectivity index (χ1v) is 14.6. The van der Waals surface area contributed by atoms with Crippen molar-refractivity contribution >= 4 is 47.2 Å². The van der Waals surface area contributed by atoms with Gasteiger partial charge in [0.2, 0.25) is 11.9 Å². The Morgan fingerprint density at radius 2 is 1.84 bits per heavy atom. The number of carbonyl (C=O) groups excluding carboxylic acids is 2. The zero-order chi connectivity index (χ0) is 30.0. The van der Waals surface area contributed by atoms with Crippen molar-refractivity contribution in [3.05, 3.63) is 36.4 Å². The summed E-state index contributed by atoms with van der Waals surface area (Å²) in [4.78, 5) is 45.1. The summed E-state index contributed by atoms with van der Waals surface area (Å²) < 4.78 is 1.78. The van der Waals surface area contributed by atoms with Gasteiger partial charge in [0.15, 0.2) is 17.0 Å². The molecule has 0 bridgehead atoms. The van der Waals surface area contributed by atoms with Gasteiger partial charge in [-0.05, 0) is 36.8 Å². The second-order valence-corrected chi connectivity index (χ2v) is 12.4. The first-order valence-electron chi connectivity index (χ1n) is 14.6. The molecule has 1 aliphatic heterocycles. The minimum atomic E-state index is -1.11. The van der Waals surface area contributed by atoms with Crippen molar-refractivity contribution in [3.8, 4) is 0 Å². The van der Waals surface area contributed by atoms with Gasteiger partial charge in [-0.15, -0.1) is 12.4 Å². The lowest BCUT2D eigenvalue weighted by Crippen LogP contribution is -2.42. The number of pyridine rings is 1. The van der Waals surface area contributed by atoms with E-state index in [4.69, 9.17) is 9.97 Å². The number of hydrogen-bond donors (Lipinski definition) is 5. The number of aliphatic hydroxyl groups excluding tert-OH is 2. The van der Waals surface area contributed by atoms with Crippen LogP contribution in [-0.4, -0.2) is 90.5 Å². The zero-order valence-corrected chi connectivity index (χ0v) is 25.8. The molecule has 2 aliphatic rings. The number of nitrogens with zero attached hydrogens (tertiary/aromatic N) is 6. The van der Waals surface area contributed by atoms with Crippen LogP contribution in [0.5, 0.6) is 0 Å². The van der Waals surface area contributed by atoms with Crippen LogP contribution in [0.2, 0.25) is 0 Å². The maximum absolute atomic E-state index is 12.7. The lowest BCUT2D eigenvalue weighted by Gasteiger charge is -2.21. The number of fused-ring (bicyclic) bond motifs is 1. The number of imidazole rings is 1. The quantitative estimate of drug-likeness (QED) is 0.240. The largest absolute Gasteiger partial charge is 0.388 e. The fourth-order valence-corrected chi connectivity index (χ4v) is 5.54. The van der Waals surface area contributed by atoms with E-state index in [1.165, 1.54) is 0 Å². The highest BCUT2D eigenvalue weighted by molar-refractivity contribution is 5.94. The number of hydrogen-bond acceptors (Lipinski definition) is 10. The average Bonchev–Trinajstić information content (AvgIpc) is 3.67. The molecule has 14 heteroatoms. The minimum Gasteiger partial charge on any atom is -0.388 e. The van der Waals surface area contributed by atoms with Gasteiger partial charge in [0.05, 0.1) is 18.4 Å². The van der Waals surface area contributed by atoms with Crippen LogP contribution in [0, 0.1) is 5.41 Å². The van der Waals surface area contributed by atoms with E-state index in [0.29, 0.717) is 54.5 Å². The fourth-order valence-electron chi connectivity index (χ4n) is 5.54. The first-order chi connectivity index (χ1) is 20.0. The molecule has 2 amide bonds. The molecule has 0 unspecified atom stereocenters. The van der Waals surface area contributed by atoms with Crippen molar-refractivity contribution < 1.29 is 19.8 Å². The number of amides is 2. The van der Waals surface area contributed by atoms with E-state index in [2.05, 4.69) is 46.7 Å². The van der Waals surface area contributed by atoms with Gasteiger partial charge in [0.1, 0.15) is 12.2 Å². The van der Waals surface area contributed by atoms with Crippen molar-refractivity contribution in [2.24, 2.45) is 5.41 Å². The molecule has 43 heavy (non-hydrogen) atoms. The van der Waals surface area contributed by atoms with E-state index >= 15 is 0 Å². The Bertz CT molecular complexity index is 1410. The topological polar surface area (TPSA) is 170 Å².